The molecule has 0 spiro atoms. The van der Waals surface area contributed by atoms with E-state index in [4.69, 9.17) is 0 Å². The zero-order valence-corrected chi connectivity index (χ0v) is 12.0. The molecular formula is C11H13BrN2O3S. The summed E-state index contributed by atoms with van der Waals surface area (Å²) in [6, 6.07) is 6.99. The lowest BCUT2D eigenvalue weighted by molar-refractivity contribution is 0.216. The molecule has 0 unspecified atom stereocenters. The zero-order valence-electron chi connectivity index (χ0n) is 9.60. The summed E-state index contributed by atoms with van der Waals surface area (Å²) in [6.07, 6.45) is 0. The number of nitrogens with one attached hydrogen (secondary N) is 1. The molecule has 1 aromatic rings. The Kier molecular flexibility index (Phi) is 3.91. The van der Waals surface area contributed by atoms with Crippen molar-refractivity contribution in [1.29, 1.82) is 0 Å². The number of hydrogen-bond donors (Lipinski definition) is 1. The Morgan fingerprint density at radius 1 is 1.28 bits per heavy atom. The SMILES string of the molecule is O=C(Nc1cccc(Br)c1)N1CCS(=O)(=O)CC1. The number of benzene rings is 1. The lowest BCUT2D eigenvalue weighted by atomic mass is 10.3. The molecule has 0 bridgehead atoms. The summed E-state index contributed by atoms with van der Waals surface area (Å²) in [7, 11) is -2.96. The first kappa shape index (κ1) is 13.4. The quantitative estimate of drug-likeness (QED) is 0.851. The van der Waals surface area contributed by atoms with Gasteiger partial charge in [-0.05, 0) is 18.2 Å². The lowest BCUT2D eigenvalue weighted by Gasteiger charge is -2.26. The van der Waals surface area contributed by atoms with Crippen LogP contribution in [0.4, 0.5) is 10.5 Å². The van der Waals surface area contributed by atoms with Crippen molar-refractivity contribution >= 4 is 37.5 Å². The van der Waals surface area contributed by atoms with Gasteiger partial charge in [-0.15, -0.1) is 0 Å². The van der Waals surface area contributed by atoms with Crippen molar-refractivity contribution in [2.45, 2.75) is 0 Å². The Labute approximate surface area is 114 Å². The maximum Gasteiger partial charge on any atom is 0.321 e. The highest BCUT2D eigenvalue weighted by Gasteiger charge is 2.24. The maximum atomic E-state index is 11.9. The summed E-state index contributed by atoms with van der Waals surface area (Å²) in [4.78, 5) is 13.4. The van der Waals surface area contributed by atoms with Crippen molar-refractivity contribution in [2.24, 2.45) is 0 Å². The second-order valence-corrected chi connectivity index (χ2v) is 7.30. The molecule has 0 atom stereocenters. The molecule has 7 heteroatoms. The van der Waals surface area contributed by atoms with Crippen LogP contribution in [0.15, 0.2) is 28.7 Å². The second kappa shape index (κ2) is 5.27. The molecule has 1 aromatic carbocycles. The van der Waals surface area contributed by atoms with Gasteiger partial charge < -0.3 is 10.2 Å². The topological polar surface area (TPSA) is 66.5 Å². The number of carbonyl (C=O) groups is 1. The fraction of sp³-hybridized carbons (Fsp3) is 0.364. The first-order valence-electron chi connectivity index (χ1n) is 5.48. The molecule has 2 rings (SSSR count). The number of anilines is 1. The third-order valence-electron chi connectivity index (χ3n) is 2.71. The number of sulfone groups is 1. The molecule has 2 amide bonds. The molecule has 0 aliphatic carbocycles. The van der Waals surface area contributed by atoms with Gasteiger partial charge in [-0.3, -0.25) is 0 Å². The number of rotatable bonds is 1. The molecule has 0 saturated carbocycles. The molecule has 0 aromatic heterocycles. The minimum absolute atomic E-state index is 0.0406. The summed E-state index contributed by atoms with van der Waals surface area (Å²) >= 11 is 3.32. The van der Waals surface area contributed by atoms with Crippen molar-refractivity contribution < 1.29 is 13.2 Å². The lowest BCUT2D eigenvalue weighted by Crippen LogP contribution is -2.45. The molecule has 1 aliphatic heterocycles. The van der Waals surface area contributed by atoms with Crippen molar-refractivity contribution in [2.75, 3.05) is 29.9 Å². The summed E-state index contributed by atoms with van der Waals surface area (Å²) in [5, 5.41) is 2.74. The van der Waals surface area contributed by atoms with Crippen molar-refractivity contribution in [3.05, 3.63) is 28.7 Å². The van der Waals surface area contributed by atoms with E-state index in [-0.39, 0.29) is 30.6 Å². The molecule has 98 valence electrons. The van der Waals surface area contributed by atoms with Gasteiger partial charge in [-0.2, -0.15) is 0 Å². The van der Waals surface area contributed by atoms with Crippen molar-refractivity contribution in [3.63, 3.8) is 0 Å². The van der Waals surface area contributed by atoms with E-state index in [2.05, 4.69) is 21.2 Å². The van der Waals surface area contributed by atoms with E-state index in [1.54, 1.807) is 12.1 Å². The number of amides is 2. The highest BCUT2D eigenvalue weighted by Crippen LogP contribution is 2.16. The van der Waals surface area contributed by atoms with E-state index in [1.807, 2.05) is 12.1 Å². The van der Waals surface area contributed by atoms with Gasteiger partial charge in [-0.1, -0.05) is 22.0 Å². The normalized spacial score (nSPS) is 18.4. The molecule has 1 heterocycles. The summed E-state index contributed by atoms with van der Waals surface area (Å²) in [5.74, 6) is 0.0812. The predicted octanol–water partition coefficient (Wildman–Crippen LogP) is 1.71. The summed E-state index contributed by atoms with van der Waals surface area (Å²) < 4.78 is 23.4. The van der Waals surface area contributed by atoms with Gasteiger partial charge in [-0.25, -0.2) is 13.2 Å². The van der Waals surface area contributed by atoms with E-state index >= 15 is 0 Å². The number of nitrogens with zero attached hydrogens (tertiary/aromatic N) is 1. The van der Waals surface area contributed by atoms with Gasteiger partial charge in [0.05, 0.1) is 11.5 Å². The Balaban J connectivity index is 1.97. The maximum absolute atomic E-state index is 11.9. The number of carbonyl (C=O) groups excluding carboxylic acids is 1. The van der Waals surface area contributed by atoms with E-state index in [9.17, 15) is 13.2 Å². The van der Waals surface area contributed by atoms with Gasteiger partial charge in [0.25, 0.3) is 0 Å². The monoisotopic (exact) mass is 332 g/mol. The first-order valence-corrected chi connectivity index (χ1v) is 8.10. The van der Waals surface area contributed by atoms with Crippen LogP contribution in [0.2, 0.25) is 0 Å². The van der Waals surface area contributed by atoms with Gasteiger partial charge in [0, 0.05) is 23.2 Å². The largest absolute Gasteiger partial charge is 0.322 e. The Morgan fingerprint density at radius 2 is 1.94 bits per heavy atom. The fourth-order valence-electron chi connectivity index (χ4n) is 1.68. The van der Waals surface area contributed by atoms with Crippen molar-refractivity contribution in [1.82, 2.24) is 4.90 Å². The van der Waals surface area contributed by atoms with E-state index in [0.29, 0.717) is 5.69 Å². The third kappa shape index (κ3) is 3.46. The summed E-state index contributed by atoms with van der Waals surface area (Å²) in [5.41, 5.74) is 0.683. The fourth-order valence-corrected chi connectivity index (χ4v) is 3.28. The molecule has 1 saturated heterocycles. The van der Waals surface area contributed by atoms with Crippen LogP contribution in [0.1, 0.15) is 0 Å². The van der Waals surface area contributed by atoms with Crippen LogP contribution in [0, 0.1) is 0 Å². The van der Waals surface area contributed by atoms with Crippen molar-refractivity contribution in [3.8, 4) is 0 Å². The Hall–Kier alpha value is -1.08. The average molecular weight is 333 g/mol. The minimum Gasteiger partial charge on any atom is -0.322 e. The van der Waals surface area contributed by atoms with E-state index < -0.39 is 9.84 Å². The number of halogens is 1. The second-order valence-electron chi connectivity index (χ2n) is 4.08. The number of hydrogen-bond acceptors (Lipinski definition) is 3. The Bertz CT molecular complexity index is 545. The smallest absolute Gasteiger partial charge is 0.321 e. The standard InChI is InChI=1S/C11H13BrN2O3S/c12-9-2-1-3-10(8-9)13-11(15)14-4-6-18(16,17)7-5-14/h1-3,8H,4-7H2,(H,13,15). The van der Waals surface area contributed by atoms with Crippen LogP contribution in [0.25, 0.3) is 0 Å². The molecule has 5 nitrogen and oxygen atoms in total. The van der Waals surface area contributed by atoms with E-state index in [1.165, 1.54) is 4.90 Å². The molecular weight excluding hydrogens is 320 g/mol. The van der Waals surface area contributed by atoms with Crippen LogP contribution in [0.3, 0.4) is 0 Å². The van der Waals surface area contributed by atoms with Crippen LogP contribution in [0.5, 0.6) is 0 Å². The van der Waals surface area contributed by atoms with Crippen LogP contribution in [-0.4, -0.2) is 43.9 Å². The van der Waals surface area contributed by atoms with Crippen LogP contribution >= 0.6 is 15.9 Å². The zero-order chi connectivity index (χ0) is 13.2. The van der Waals surface area contributed by atoms with Gasteiger partial charge in [0.1, 0.15) is 0 Å². The third-order valence-corrected chi connectivity index (χ3v) is 4.81. The molecule has 0 radical (unpaired) electrons. The van der Waals surface area contributed by atoms with Crippen LogP contribution < -0.4 is 5.32 Å². The van der Waals surface area contributed by atoms with Gasteiger partial charge >= 0.3 is 6.03 Å². The van der Waals surface area contributed by atoms with Gasteiger partial charge in [0.15, 0.2) is 9.84 Å². The molecule has 18 heavy (non-hydrogen) atoms. The highest BCUT2D eigenvalue weighted by atomic mass is 79.9. The highest BCUT2D eigenvalue weighted by molar-refractivity contribution is 9.10. The minimum atomic E-state index is -2.96. The Morgan fingerprint density at radius 3 is 2.56 bits per heavy atom. The average Bonchev–Trinajstić information content (AvgIpc) is 2.28. The molecule has 1 aliphatic rings. The summed E-state index contributed by atoms with van der Waals surface area (Å²) in [6.45, 7) is 0.504. The molecule has 1 N–H and O–H groups in total. The van der Waals surface area contributed by atoms with Gasteiger partial charge in [0.2, 0.25) is 0 Å². The molecule has 1 fully saturated rings. The predicted molar refractivity (Wildman–Crippen MR) is 73.4 cm³/mol. The van der Waals surface area contributed by atoms with E-state index in [0.717, 1.165) is 4.47 Å². The van der Waals surface area contributed by atoms with Crippen LogP contribution in [-0.2, 0) is 9.84 Å². The number of urea groups is 1. The first-order chi connectivity index (χ1) is 8.46.